The number of rotatable bonds is 15. The summed E-state index contributed by atoms with van der Waals surface area (Å²) in [5, 5.41) is 21.4. The summed E-state index contributed by atoms with van der Waals surface area (Å²) in [6.07, 6.45) is 6.81. The predicted molar refractivity (Wildman–Crippen MR) is 341 cm³/mol. The van der Waals surface area contributed by atoms with Crippen molar-refractivity contribution in [3.05, 3.63) is 250 Å². The van der Waals surface area contributed by atoms with Crippen molar-refractivity contribution >= 4 is 53.0 Å². The number of benzene rings is 7. The molecular formula is C69H72N6O6S3. The van der Waals surface area contributed by atoms with Gasteiger partial charge < -0.3 is 46.1 Å². The zero-order valence-corrected chi connectivity index (χ0v) is 49.7. The Morgan fingerprint density at radius 3 is 0.929 bits per heavy atom. The number of carbonyl (C=O) groups excluding carboxylic acids is 3. The molecule has 0 spiro atoms. The molecule has 7 aromatic carbocycles. The lowest BCUT2D eigenvalue weighted by Gasteiger charge is -2.22. The van der Waals surface area contributed by atoms with Crippen molar-refractivity contribution in [2.45, 2.75) is 89.0 Å². The maximum Gasteiger partial charge on any atom is 0.251 e. The summed E-state index contributed by atoms with van der Waals surface area (Å²) in [6.45, 7) is 15.3. The van der Waals surface area contributed by atoms with Crippen LogP contribution in [0.3, 0.4) is 0 Å². The Bertz CT molecular complexity index is 3080. The minimum Gasteiger partial charge on any atom is -0.490 e. The van der Waals surface area contributed by atoms with Crippen LogP contribution in [-0.4, -0.2) is 75.3 Å². The van der Waals surface area contributed by atoms with Crippen molar-refractivity contribution in [2.75, 3.05) is 39.5 Å². The lowest BCUT2D eigenvalue weighted by Crippen LogP contribution is -2.43. The van der Waals surface area contributed by atoms with Gasteiger partial charge in [0.25, 0.3) is 17.7 Å². The Balaban J connectivity index is 1.06. The summed E-state index contributed by atoms with van der Waals surface area (Å²) >= 11 is 5.24. The first-order valence-corrected chi connectivity index (χ1v) is 31.5. The molecule has 12 nitrogen and oxygen atoms in total. The summed E-state index contributed by atoms with van der Waals surface area (Å²) in [7, 11) is 0. The highest BCUT2D eigenvalue weighted by atomic mass is 32.2. The number of hydrogen-bond acceptors (Lipinski definition) is 12. The van der Waals surface area contributed by atoms with Gasteiger partial charge in [0, 0.05) is 106 Å². The van der Waals surface area contributed by atoms with Gasteiger partial charge in [-0.2, -0.15) is 0 Å². The number of ether oxygens (including phenoxy) is 3. The second kappa shape index (κ2) is 29.8. The molecule has 0 saturated carbocycles. The molecule has 3 aliphatic rings. The van der Waals surface area contributed by atoms with E-state index >= 15 is 0 Å². The summed E-state index contributed by atoms with van der Waals surface area (Å²) in [4.78, 5) is 47.9. The Kier molecular flexibility index (Phi) is 21.2. The van der Waals surface area contributed by atoms with Crippen LogP contribution in [0.4, 0.5) is 0 Å². The van der Waals surface area contributed by atoms with Crippen molar-refractivity contribution in [2.24, 2.45) is 0 Å². The number of carbonyl (C=O) groups is 3. The van der Waals surface area contributed by atoms with Crippen LogP contribution in [0.2, 0.25) is 0 Å². The maximum absolute atomic E-state index is 14.9. The van der Waals surface area contributed by atoms with Crippen molar-refractivity contribution in [3.63, 3.8) is 0 Å². The molecule has 0 saturated heterocycles. The molecule has 3 aliphatic heterocycles. The van der Waals surface area contributed by atoms with E-state index in [0.29, 0.717) is 112 Å². The standard InChI is InChI=1S/C69H72N6O6S3/c1-4-19-79-61-13-7-46(8-14-61)31-58-40-70-37-49-22-53-29-56(26-49)68(77)74-60(33-48-11-17-63(18-12-48)81-21-6-3)42-72-39-51-24-54-30-57(27-51)69(78)75-59(32-47-9-15-62(16-10-47)80-20-5-2)41-71-38-50-23-52(28-55(25-50)67(76)73-58)43-82-64-34-65(83-44-53)36-66(35-64)84-45-54/h4-18,22-30,34-36,58-60,70-72H,1-3,19-21,31-33,37-45H2,(H,73,76)(H,74,77)(H,75,78)/t58-,59-,60-/m0/s1. The molecule has 7 aromatic rings. The molecule has 12 bridgehead atoms. The van der Waals surface area contributed by atoms with Gasteiger partial charge in [0.15, 0.2) is 0 Å². The van der Waals surface area contributed by atoms with E-state index in [9.17, 15) is 14.4 Å². The monoisotopic (exact) mass is 1180 g/mol. The third-order valence-corrected chi connectivity index (χ3v) is 17.6. The molecule has 0 fully saturated rings. The molecule has 0 unspecified atom stereocenters. The Morgan fingerprint density at radius 1 is 0.381 bits per heavy atom. The largest absolute Gasteiger partial charge is 0.490 e. The number of thioether (sulfide) groups is 3. The Hall–Kier alpha value is -7.50. The highest BCUT2D eigenvalue weighted by Crippen LogP contribution is 2.36. The maximum atomic E-state index is 14.9. The van der Waals surface area contributed by atoms with E-state index in [-0.39, 0.29) is 35.8 Å². The van der Waals surface area contributed by atoms with E-state index in [1.807, 2.05) is 109 Å². The van der Waals surface area contributed by atoms with E-state index in [1.54, 1.807) is 53.5 Å². The van der Waals surface area contributed by atoms with Gasteiger partial charge in [0.2, 0.25) is 0 Å². The highest BCUT2D eigenvalue weighted by molar-refractivity contribution is 8.00. The van der Waals surface area contributed by atoms with E-state index in [1.165, 1.54) is 0 Å². The molecule has 3 atom stereocenters. The van der Waals surface area contributed by atoms with Gasteiger partial charge in [0.1, 0.15) is 37.1 Å². The highest BCUT2D eigenvalue weighted by Gasteiger charge is 2.22. The Morgan fingerprint density at radius 2 is 0.655 bits per heavy atom. The summed E-state index contributed by atoms with van der Waals surface area (Å²) in [5.41, 5.74) is 10.7. The zero-order valence-electron chi connectivity index (χ0n) is 47.2. The van der Waals surface area contributed by atoms with Gasteiger partial charge in [-0.05, 0) is 160 Å². The fourth-order valence-electron chi connectivity index (χ4n) is 10.5. The van der Waals surface area contributed by atoms with Gasteiger partial charge in [-0.3, -0.25) is 14.4 Å². The van der Waals surface area contributed by atoms with Gasteiger partial charge in [-0.15, -0.1) is 35.3 Å². The van der Waals surface area contributed by atoms with E-state index in [0.717, 1.165) is 82.0 Å². The molecule has 432 valence electrons. The SMILES string of the molecule is C=CCOc1ccc(C[C@H]2CNCc3cc4cc(c3)C(=O)N[C@@H](Cc3ccc(OCC=C)cc3)CNCc3cc5cc(c3)C(=O)N[C@@H](Cc3ccc(OCC=C)cc3)CNCc3cc(cc(c3)C(=O)N2)CSc2cc(cc(c2)SC5)SC4)cc1. The van der Waals surface area contributed by atoms with Crippen LogP contribution < -0.4 is 46.1 Å². The molecule has 3 amide bonds. The quantitative estimate of drug-likeness (QED) is 0.0542. The van der Waals surface area contributed by atoms with Gasteiger partial charge >= 0.3 is 0 Å². The third-order valence-electron chi connectivity index (χ3n) is 14.5. The number of hydrogen-bond donors (Lipinski definition) is 6. The number of nitrogens with one attached hydrogen (secondary N) is 6. The summed E-state index contributed by atoms with van der Waals surface area (Å²) in [5.74, 6) is 3.55. The van der Waals surface area contributed by atoms with Crippen LogP contribution >= 0.6 is 35.3 Å². The molecule has 0 aliphatic carbocycles. The third kappa shape index (κ3) is 17.5. The van der Waals surface area contributed by atoms with E-state index in [4.69, 9.17) is 14.2 Å². The molecule has 0 radical (unpaired) electrons. The lowest BCUT2D eigenvalue weighted by molar-refractivity contribution is 0.0927. The predicted octanol–water partition coefficient (Wildman–Crippen LogP) is 11.6. The fourth-order valence-corrected chi connectivity index (χ4v) is 13.5. The van der Waals surface area contributed by atoms with Crippen LogP contribution in [0, 0.1) is 0 Å². The second-order valence-electron chi connectivity index (χ2n) is 21.4. The smallest absolute Gasteiger partial charge is 0.251 e. The van der Waals surface area contributed by atoms with Crippen LogP contribution in [0.5, 0.6) is 17.2 Å². The van der Waals surface area contributed by atoms with Crippen LogP contribution in [0.1, 0.15) is 81.1 Å². The summed E-state index contributed by atoms with van der Waals surface area (Å²) in [6, 6.07) is 48.2. The van der Waals surface area contributed by atoms with Crippen LogP contribution in [0.25, 0.3) is 0 Å². The topological polar surface area (TPSA) is 151 Å². The van der Waals surface area contributed by atoms with Gasteiger partial charge in [-0.1, -0.05) is 92.6 Å². The fraction of sp³-hybridized carbons (Fsp3) is 0.261. The van der Waals surface area contributed by atoms with Gasteiger partial charge in [-0.25, -0.2) is 0 Å². The molecule has 0 aromatic heterocycles. The lowest BCUT2D eigenvalue weighted by atomic mass is 10.0. The molecule has 6 N–H and O–H groups in total. The Labute approximate surface area is 506 Å². The summed E-state index contributed by atoms with van der Waals surface area (Å²) < 4.78 is 17.4. The number of amides is 3. The average molecular weight is 1180 g/mol. The normalized spacial score (nSPS) is 17.7. The molecular weight excluding hydrogens is 1100 g/mol. The number of fused-ring (bicyclic) bond motifs is 9. The first kappa shape index (κ1) is 59.7. The second-order valence-corrected chi connectivity index (χ2v) is 24.5. The molecule has 84 heavy (non-hydrogen) atoms. The first-order chi connectivity index (χ1) is 41.1. The van der Waals surface area contributed by atoms with Crippen molar-refractivity contribution in [1.82, 2.24) is 31.9 Å². The van der Waals surface area contributed by atoms with Crippen LogP contribution in [0.15, 0.2) is 198 Å². The molecule has 15 heteroatoms. The zero-order chi connectivity index (χ0) is 58.0. The minimum atomic E-state index is -0.317. The minimum absolute atomic E-state index is 0.180. The van der Waals surface area contributed by atoms with E-state index in [2.05, 4.69) is 88.0 Å². The van der Waals surface area contributed by atoms with Crippen molar-refractivity contribution in [1.29, 1.82) is 0 Å². The van der Waals surface area contributed by atoms with Crippen LogP contribution in [-0.2, 0) is 56.2 Å². The van der Waals surface area contributed by atoms with Crippen molar-refractivity contribution in [3.8, 4) is 17.2 Å². The molecule has 3 heterocycles. The van der Waals surface area contributed by atoms with Gasteiger partial charge in [0.05, 0.1) is 0 Å². The molecule has 10 rings (SSSR count). The van der Waals surface area contributed by atoms with E-state index < -0.39 is 0 Å². The average Bonchev–Trinajstić information content (AvgIpc) is 3.73. The first-order valence-electron chi connectivity index (χ1n) is 28.5. The van der Waals surface area contributed by atoms with Crippen molar-refractivity contribution < 1.29 is 28.6 Å².